The Balaban J connectivity index is 1.62. The van der Waals surface area contributed by atoms with Crippen LogP contribution in [0, 0.1) is 0 Å². The number of halogens is 7. The first-order chi connectivity index (χ1) is 21.2. The van der Waals surface area contributed by atoms with Crippen LogP contribution in [0.1, 0.15) is 46.4 Å². The first-order valence-electron chi connectivity index (χ1n) is 13.4. The maximum absolute atomic E-state index is 13.8. The average Bonchev–Trinajstić information content (AvgIpc) is 2.98. The molecule has 0 unspecified atom stereocenters. The summed E-state index contributed by atoms with van der Waals surface area (Å²) in [4.78, 5) is 27.2. The van der Waals surface area contributed by atoms with Gasteiger partial charge in [0, 0.05) is 48.0 Å². The zero-order valence-electron chi connectivity index (χ0n) is 23.5. The van der Waals surface area contributed by atoms with Crippen LogP contribution < -0.4 is 10.1 Å². The molecule has 45 heavy (non-hydrogen) atoms. The molecule has 0 amide bonds. The summed E-state index contributed by atoms with van der Waals surface area (Å²) in [6.07, 6.45) is -8.03. The van der Waals surface area contributed by atoms with Crippen LogP contribution in [0.3, 0.4) is 0 Å². The summed E-state index contributed by atoms with van der Waals surface area (Å²) in [6, 6.07) is 13.9. The number of carboxylic acid groups (broad SMARTS) is 1. The van der Waals surface area contributed by atoms with E-state index in [1.54, 1.807) is 12.1 Å². The Morgan fingerprint density at radius 1 is 0.844 bits per heavy atom. The minimum absolute atomic E-state index is 0.0253. The highest BCUT2D eigenvalue weighted by atomic mass is 35.5. The number of nitrogens with one attached hydrogen (secondary N) is 1. The van der Waals surface area contributed by atoms with Crippen LogP contribution in [0.25, 0.3) is 22.3 Å². The topological polar surface area (TPSA) is 88.5 Å². The predicted molar refractivity (Wildman–Crippen MR) is 156 cm³/mol. The van der Waals surface area contributed by atoms with Gasteiger partial charge in [0.2, 0.25) is 0 Å². The molecule has 0 aliphatic heterocycles. The van der Waals surface area contributed by atoms with Gasteiger partial charge >= 0.3 is 18.3 Å². The normalized spacial score (nSPS) is 11.7. The SMILES string of the molecule is COc1cc(C(F)(F)F)cc(-c2ccc(C(=O)CCCC(=O)O)nc2)c1CNc1ccc(-c2ccc(C(F)(F)F)cc2)c(Cl)c1. The maximum Gasteiger partial charge on any atom is 0.416 e. The van der Waals surface area contributed by atoms with Gasteiger partial charge in [-0.1, -0.05) is 35.9 Å². The van der Waals surface area contributed by atoms with E-state index in [0.29, 0.717) is 22.4 Å². The molecule has 0 atom stereocenters. The number of hydrogen-bond acceptors (Lipinski definition) is 5. The van der Waals surface area contributed by atoms with Crippen LogP contribution in [0.15, 0.2) is 72.9 Å². The first-order valence-corrected chi connectivity index (χ1v) is 13.8. The molecule has 0 spiro atoms. The second-order valence-electron chi connectivity index (χ2n) is 9.93. The number of carbonyl (C=O) groups is 2. The molecule has 0 aliphatic rings. The molecule has 4 rings (SSSR count). The Morgan fingerprint density at radius 2 is 1.51 bits per heavy atom. The Hall–Kier alpha value is -4.58. The molecule has 0 bridgehead atoms. The molecule has 236 valence electrons. The van der Waals surface area contributed by atoms with E-state index in [1.165, 1.54) is 43.6 Å². The van der Waals surface area contributed by atoms with Crippen molar-refractivity contribution in [2.24, 2.45) is 0 Å². The molecule has 0 aliphatic carbocycles. The Bertz CT molecular complexity index is 1690. The number of Topliss-reactive ketones (excluding diaryl/α,β-unsaturated/α-hetero) is 1. The van der Waals surface area contributed by atoms with Crippen LogP contribution in [0.5, 0.6) is 5.75 Å². The van der Waals surface area contributed by atoms with Crippen molar-refractivity contribution in [2.75, 3.05) is 12.4 Å². The Kier molecular flexibility index (Phi) is 10.1. The highest BCUT2D eigenvalue weighted by molar-refractivity contribution is 6.33. The molecule has 1 aromatic heterocycles. The minimum Gasteiger partial charge on any atom is -0.496 e. The van der Waals surface area contributed by atoms with Crippen LogP contribution >= 0.6 is 11.6 Å². The van der Waals surface area contributed by atoms with Crippen LogP contribution in [0.4, 0.5) is 32.0 Å². The molecule has 0 fully saturated rings. The number of ether oxygens (including phenoxy) is 1. The monoisotopic (exact) mass is 650 g/mol. The third kappa shape index (κ3) is 8.33. The number of carbonyl (C=O) groups excluding carboxylic acids is 1. The van der Waals surface area contributed by atoms with Crippen molar-refractivity contribution in [1.29, 1.82) is 0 Å². The quantitative estimate of drug-likeness (QED) is 0.124. The number of pyridine rings is 1. The molecule has 1 heterocycles. The van der Waals surface area contributed by atoms with E-state index in [-0.39, 0.29) is 53.4 Å². The lowest BCUT2D eigenvalue weighted by Crippen LogP contribution is -2.10. The molecule has 6 nitrogen and oxygen atoms in total. The summed E-state index contributed by atoms with van der Waals surface area (Å²) < 4.78 is 85.5. The van der Waals surface area contributed by atoms with Crippen LogP contribution in [-0.2, 0) is 23.7 Å². The molecular weight excluding hydrogens is 626 g/mol. The van der Waals surface area contributed by atoms with Gasteiger partial charge in [-0.2, -0.15) is 26.3 Å². The maximum atomic E-state index is 13.8. The molecule has 0 saturated heterocycles. The highest BCUT2D eigenvalue weighted by Gasteiger charge is 2.33. The molecule has 0 saturated carbocycles. The molecule has 13 heteroatoms. The molecule has 0 radical (unpaired) electrons. The van der Waals surface area contributed by atoms with E-state index in [2.05, 4.69) is 10.3 Å². The largest absolute Gasteiger partial charge is 0.496 e. The number of alkyl halides is 6. The summed E-state index contributed by atoms with van der Waals surface area (Å²) in [5.74, 6) is -1.50. The van der Waals surface area contributed by atoms with Crippen molar-refractivity contribution in [1.82, 2.24) is 4.98 Å². The number of hydrogen-bond donors (Lipinski definition) is 2. The van der Waals surface area contributed by atoms with Crippen LogP contribution in [0.2, 0.25) is 5.02 Å². The van der Waals surface area contributed by atoms with Gasteiger partial charge < -0.3 is 15.2 Å². The number of aromatic nitrogens is 1. The number of rotatable bonds is 11. The van der Waals surface area contributed by atoms with Gasteiger partial charge in [-0.15, -0.1) is 0 Å². The van der Waals surface area contributed by atoms with E-state index in [9.17, 15) is 35.9 Å². The standard InChI is InChI=1S/C32H25ClF6N2O4/c1-45-29-14-21(32(37,38)39)13-24(19-7-12-27(41-16-19)28(42)3-2-4-30(43)44)25(29)17-40-22-10-11-23(26(33)15-22)18-5-8-20(9-6-18)31(34,35)36/h5-16,40H,2-4,17H2,1H3,(H,43,44). The highest BCUT2D eigenvalue weighted by Crippen LogP contribution is 2.40. The number of aliphatic carboxylic acids is 1. The number of ketones is 1. The minimum atomic E-state index is -4.69. The van der Waals surface area contributed by atoms with Gasteiger partial charge in [-0.05, 0) is 60.0 Å². The van der Waals surface area contributed by atoms with Gasteiger partial charge in [-0.25, -0.2) is 0 Å². The Morgan fingerprint density at radius 3 is 2.07 bits per heavy atom. The van der Waals surface area contributed by atoms with E-state index in [0.717, 1.165) is 24.3 Å². The molecular formula is C32H25ClF6N2O4. The van der Waals surface area contributed by atoms with Crippen molar-refractivity contribution in [3.63, 3.8) is 0 Å². The van der Waals surface area contributed by atoms with E-state index in [1.807, 2.05) is 0 Å². The Labute approximate surface area is 258 Å². The van der Waals surface area contributed by atoms with Crippen molar-refractivity contribution < 1.29 is 45.8 Å². The summed E-state index contributed by atoms with van der Waals surface area (Å²) >= 11 is 6.44. The first kappa shape index (κ1) is 33.3. The molecule has 2 N–H and O–H groups in total. The van der Waals surface area contributed by atoms with E-state index < -0.39 is 35.2 Å². The van der Waals surface area contributed by atoms with Crippen molar-refractivity contribution in [3.05, 3.63) is 100 Å². The summed E-state index contributed by atoms with van der Waals surface area (Å²) in [5, 5.41) is 12.1. The number of carboxylic acids is 1. The number of benzene rings is 3. The zero-order valence-corrected chi connectivity index (χ0v) is 24.3. The van der Waals surface area contributed by atoms with Gasteiger partial charge in [0.25, 0.3) is 0 Å². The third-order valence-corrected chi connectivity index (χ3v) is 7.19. The lowest BCUT2D eigenvalue weighted by atomic mass is 9.96. The fourth-order valence-electron chi connectivity index (χ4n) is 4.57. The van der Waals surface area contributed by atoms with Gasteiger partial charge in [0.15, 0.2) is 5.78 Å². The lowest BCUT2D eigenvalue weighted by molar-refractivity contribution is -0.138. The fourth-order valence-corrected chi connectivity index (χ4v) is 4.86. The van der Waals surface area contributed by atoms with E-state index in [4.69, 9.17) is 21.4 Å². The van der Waals surface area contributed by atoms with Gasteiger partial charge in [0.1, 0.15) is 11.4 Å². The number of nitrogens with zero attached hydrogens (tertiary/aromatic N) is 1. The molecule has 3 aromatic carbocycles. The fraction of sp³-hybridized carbons (Fsp3) is 0.219. The van der Waals surface area contributed by atoms with Crippen molar-refractivity contribution >= 4 is 29.0 Å². The van der Waals surface area contributed by atoms with E-state index >= 15 is 0 Å². The second-order valence-corrected chi connectivity index (χ2v) is 10.3. The zero-order chi connectivity index (χ0) is 32.9. The van der Waals surface area contributed by atoms with Crippen LogP contribution in [-0.4, -0.2) is 29.0 Å². The van der Waals surface area contributed by atoms with Crippen molar-refractivity contribution in [2.45, 2.75) is 38.2 Å². The summed E-state index contributed by atoms with van der Waals surface area (Å²) in [7, 11) is 1.23. The summed E-state index contributed by atoms with van der Waals surface area (Å²) in [6.45, 7) is -0.0253. The number of anilines is 1. The smallest absolute Gasteiger partial charge is 0.416 e. The predicted octanol–water partition coefficient (Wildman–Crippen LogP) is 9.16. The van der Waals surface area contributed by atoms with Crippen molar-refractivity contribution in [3.8, 4) is 28.0 Å². The lowest BCUT2D eigenvalue weighted by Gasteiger charge is -2.19. The second kappa shape index (κ2) is 13.6. The summed E-state index contributed by atoms with van der Waals surface area (Å²) in [5.41, 5.74) is 0.457. The molecule has 4 aromatic rings. The number of methoxy groups -OCH3 is 1. The average molecular weight is 651 g/mol. The van der Waals surface area contributed by atoms with Gasteiger partial charge in [0.05, 0.1) is 23.3 Å². The third-order valence-electron chi connectivity index (χ3n) is 6.87. The van der Waals surface area contributed by atoms with Gasteiger partial charge in [-0.3, -0.25) is 14.6 Å².